The fourth-order valence-corrected chi connectivity index (χ4v) is 3.73. The fourth-order valence-electron chi connectivity index (χ4n) is 2.37. The van der Waals surface area contributed by atoms with Crippen LogP contribution in [0.2, 0.25) is 18.1 Å². The number of hydrogen-bond acceptors (Lipinski definition) is 4. The van der Waals surface area contributed by atoms with Gasteiger partial charge in [0.2, 0.25) is 0 Å². The molecule has 0 saturated heterocycles. The molecule has 0 amide bonds. The van der Waals surface area contributed by atoms with Crippen LogP contribution in [0.1, 0.15) is 34.1 Å². The van der Waals surface area contributed by atoms with Gasteiger partial charge in [-0.15, -0.1) is 6.58 Å². The maximum atomic E-state index is 12.2. The number of ether oxygens (including phenoxy) is 1. The quantitative estimate of drug-likeness (QED) is 0.338. The highest BCUT2D eigenvalue weighted by Crippen LogP contribution is 2.42. The molecule has 0 spiro atoms. The van der Waals surface area contributed by atoms with Crippen LogP contribution in [-0.2, 0) is 18.8 Å². The summed E-state index contributed by atoms with van der Waals surface area (Å²) in [7, 11) is -1.99. The Morgan fingerprint density at radius 3 is 2.43 bits per heavy atom. The fraction of sp³-hybridized carbons (Fsp3) is 0.750. The molecule has 0 aliphatic heterocycles. The largest absolute Gasteiger partial charge is 0.465 e. The number of ketones is 1. The monoisotopic (exact) mass is 312 g/mol. The predicted octanol–water partition coefficient (Wildman–Crippen LogP) is 3.33. The Morgan fingerprint density at radius 1 is 1.43 bits per heavy atom. The van der Waals surface area contributed by atoms with Gasteiger partial charge < -0.3 is 9.16 Å². The molecule has 0 aromatic heterocycles. The Balaban J connectivity index is 2.94. The van der Waals surface area contributed by atoms with Crippen molar-refractivity contribution < 1.29 is 18.8 Å². The van der Waals surface area contributed by atoms with Crippen LogP contribution in [0, 0.1) is 11.8 Å². The molecule has 120 valence electrons. The number of hydrogen-bond donors (Lipinski definition) is 0. The highest BCUT2D eigenvalue weighted by Gasteiger charge is 2.50. The first-order chi connectivity index (χ1) is 9.55. The van der Waals surface area contributed by atoms with Gasteiger partial charge >= 0.3 is 5.97 Å². The predicted molar refractivity (Wildman–Crippen MR) is 85.5 cm³/mol. The van der Waals surface area contributed by atoms with Crippen LogP contribution in [0.3, 0.4) is 0 Å². The zero-order valence-corrected chi connectivity index (χ0v) is 15.1. The number of carbonyl (C=O) groups excluding carboxylic acids is 2. The van der Waals surface area contributed by atoms with Crippen molar-refractivity contribution in [3.05, 3.63) is 12.7 Å². The molecule has 1 fully saturated rings. The van der Waals surface area contributed by atoms with Gasteiger partial charge in [-0.3, -0.25) is 9.59 Å². The summed E-state index contributed by atoms with van der Waals surface area (Å²) in [5.74, 6) is -1.58. The zero-order chi connectivity index (χ0) is 16.4. The molecule has 0 bridgehead atoms. The third kappa shape index (κ3) is 3.83. The molecular weight excluding hydrogens is 284 g/mol. The van der Waals surface area contributed by atoms with E-state index in [1.54, 1.807) is 13.0 Å². The van der Waals surface area contributed by atoms with Crippen LogP contribution < -0.4 is 0 Å². The summed E-state index contributed by atoms with van der Waals surface area (Å²) in [6.45, 7) is 16.6. The van der Waals surface area contributed by atoms with Crippen LogP contribution in [0.4, 0.5) is 0 Å². The van der Waals surface area contributed by atoms with Crippen LogP contribution in [0.5, 0.6) is 0 Å². The summed E-state index contributed by atoms with van der Waals surface area (Å²) in [4.78, 5) is 24.2. The van der Waals surface area contributed by atoms with Crippen molar-refractivity contribution in [2.45, 2.75) is 58.4 Å². The summed E-state index contributed by atoms with van der Waals surface area (Å²) >= 11 is 0. The van der Waals surface area contributed by atoms with E-state index in [-0.39, 0.29) is 35.9 Å². The third-order valence-electron chi connectivity index (χ3n) is 4.63. The second kappa shape index (κ2) is 6.44. The van der Waals surface area contributed by atoms with Crippen molar-refractivity contribution in [1.82, 2.24) is 0 Å². The Kier molecular flexibility index (Phi) is 5.55. The number of carbonyl (C=O) groups is 2. The lowest BCUT2D eigenvalue weighted by molar-refractivity contribution is -0.151. The molecule has 0 N–H and O–H groups in total. The molecule has 21 heavy (non-hydrogen) atoms. The van der Waals surface area contributed by atoms with Gasteiger partial charge in [0.1, 0.15) is 11.7 Å². The molecule has 3 atom stereocenters. The highest BCUT2D eigenvalue weighted by molar-refractivity contribution is 6.74. The van der Waals surface area contributed by atoms with Gasteiger partial charge in [0.05, 0.1) is 12.7 Å². The molecule has 1 aliphatic rings. The van der Waals surface area contributed by atoms with Crippen molar-refractivity contribution in [2.24, 2.45) is 11.8 Å². The maximum Gasteiger partial charge on any atom is 0.317 e. The summed E-state index contributed by atoms with van der Waals surface area (Å²) in [5, 5.41) is 0.0593. The lowest BCUT2D eigenvalue weighted by Gasteiger charge is -2.39. The standard InChI is InChI=1S/C16H28O4Si/c1-8-11-13(20-21(6,7)16(3,4)5)10-12(17)14(11)15(18)19-9-2/h8,11,13-14H,1,9-10H2,2-7H3/t11-,13-,14+/m0/s1. The molecule has 5 heteroatoms. The molecule has 0 unspecified atom stereocenters. The molecule has 0 heterocycles. The molecule has 0 aromatic rings. The van der Waals surface area contributed by atoms with E-state index in [9.17, 15) is 9.59 Å². The Morgan fingerprint density at radius 2 is 2.00 bits per heavy atom. The molecule has 1 aliphatic carbocycles. The van der Waals surface area contributed by atoms with Crippen LogP contribution in [0.15, 0.2) is 12.7 Å². The van der Waals surface area contributed by atoms with E-state index in [4.69, 9.17) is 9.16 Å². The molecule has 1 rings (SSSR count). The van der Waals surface area contributed by atoms with Crippen molar-refractivity contribution in [2.75, 3.05) is 6.61 Å². The molecule has 1 saturated carbocycles. The summed E-state index contributed by atoms with van der Waals surface area (Å²) in [5.41, 5.74) is 0. The van der Waals surface area contributed by atoms with E-state index < -0.39 is 20.2 Å². The van der Waals surface area contributed by atoms with E-state index in [2.05, 4.69) is 40.4 Å². The Bertz CT molecular complexity index is 422. The molecule has 0 radical (unpaired) electrons. The molecule has 0 aromatic carbocycles. The third-order valence-corrected chi connectivity index (χ3v) is 9.13. The average Bonchev–Trinajstić information content (AvgIpc) is 2.63. The van der Waals surface area contributed by atoms with E-state index in [0.29, 0.717) is 0 Å². The van der Waals surface area contributed by atoms with Crippen LogP contribution in [0.25, 0.3) is 0 Å². The van der Waals surface area contributed by atoms with Gasteiger partial charge in [0.25, 0.3) is 0 Å². The first-order valence-corrected chi connectivity index (χ1v) is 10.5. The second-order valence-corrected chi connectivity index (χ2v) is 11.9. The van der Waals surface area contributed by atoms with E-state index in [1.807, 2.05) is 0 Å². The number of rotatable bonds is 5. The lowest BCUT2D eigenvalue weighted by Crippen LogP contribution is -2.45. The Labute approximate surface area is 129 Å². The van der Waals surface area contributed by atoms with E-state index in [1.165, 1.54) is 0 Å². The summed E-state index contributed by atoms with van der Waals surface area (Å²) in [6.07, 6.45) is 1.68. The topological polar surface area (TPSA) is 52.6 Å². The van der Waals surface area contributed by atoms with Crippen molar-refractivity contribution in [3.8, 4) is 0 Å². The van der Waals surface area contributed by atoms with Gasteiger partial charge in [-0.05, 0) is 25.1 Å². The molecular formula is C16H28O4Si. The highest BCUT2D eigenvalue weighted by atomic mass is 28.4. The number of Topliss-reactive ketones (excluding diaryl/α,β-unsaturated/α-hetero) is 1. The second-order valence-electron chi connectivity index (χ2n) is 7.13. The van der Waals surface area contributed by atoms with Gasteiger partial charge in [-0.25, -0.2) is 0 Å². The first kappa shape index (κ1) is 18.1. The Hall–Kier alpha value is -0.943. The van der Waals surface area contributed by atoms with Crippen LogP contribution >= 0.6 is 0 Å². The minimum absolute atomic E-state index is 0.0593. The zero-order valence-electron chi connectivity index (χ0n) is 14.1. The normalized spacial score (nSPS) is 26.8. The van der Waals surface area contributed by atoms with E-state index in [0.717, 1.165) is 0 Å². The summed E-state index contributed by atoms with van der Waals surface area (Å²) in [6, 6.07) is 0. The molecule has 4 nitrogen and oxygen atoms in total. The number of esters is 1. The smallest absolute Gasteiger partial charge is 0.317 e. The van der Waals surface area contributed by atoms with Gasteiger partial charge in [-0.2, -0.15) is 0 Å². The van der Waals surface area contributed by atoms with Crippen molar-refractivity contribution in [3.63, 3.8) is 0 Å². The van der Waals surface area contributed by atoms with Crippen LogP contribution in [-0.4, -0.2) is 32.8 Å². The van der Waals surface area contributed by atoms with Gasteiger partial charge in [0, 0.05) is 12.3 Å². The van der Waals surface area contributed by atoms with Gasteiger partial charge in [-0.1, -0.05) is 26.8 Å². The average molecular weight is 312 g/mol. The SMILES string of the molecule is C=C[C@@H]1[C@@H](C(=O)OCC)C(=O)C[C@@H]1O[Si](C)(C)C(C)(C)C. The van der Waals surface area contributed by atoms with Gasteiger partial charge in [0.15, 0.2) is 8.32 Å². The minimum Gasteiger partial charge on any atom is -0.465 e. The summed E-state index contributed by atoms with van der Waals surface area (Å²) < 4.78 is 11.4. The van der Waals surface area contributed by atoms with Crippen molar-refractivity contribution >= 4 is 20.1 Å². The van der Waals surface area contributed by atoms with E-state index >= 15 is 0 Å². The maximum absolute atomic E-state index is 12.2. The first-order valence-electron chi connectivity index (χ1n) is 7.55. The lowest BCUT2D eigenvalue weighted by atomic mass is 9.94. The minimum atomic E-state index is -1.99. The van der Waals surface area contributed by atoms with Crippen molar-refractivity contribution in [1.29, 1.82) is 0 Å².